The van der Waals surface area contributed by atoms with Crippen LogP contribution >= 0.6 is 0 Å². The third kappa shape index (κ3) is 5.50. The Morgan fingerprint density at radius 2 is 1.94 bits per heavy atom. The zero-order valence-electron chi connectivity index (χ0n) is 11.1. The van der Waals surface area contributed by atoms with Gasteiger partial charge in [-0.2, -0.15) is 0 Å². The minimum atomic E-state index is 0.0369. The monoisotopic (exact) mass is 242 g/mol. The first kappa shape index (κ1) is 14.5. The van der Waals surface area contributed by atoms with Crippen LogP contribution in [0.1, 0.15) is 45.4 Å². The SMILES string of the molecule is CC(CO)N(C)CC(=O)NC1CCCCCC1. The molecule has 0 heterocycles. The number of likely N-dealkylation sites (N-methyl/N-ethyl adjacent to an activating group) is 1. The Morgan fingerprint density at radius 1 is 1.35 bits per heavy atom. The van der Waals surface area contributed by atoms with Crippen LogP contribution in [-0.2, 0) is 4.79 Å². The Morgan fingerprint density at radius 3 is 2.47 bits per heavy atom. The van der Waals surface area contributed by atoms with Crippen molar-refractivity contribution < 1.29 is 9.90 Å². The van der Waals surface area contributed by atoms with Crippen LogP contribution in [0.2, 0.25) is 0 Å². The van der Waals surface area contributed by atoms with Crippen molar-refractivity contribution in [2.75, 3.05) is 20.2 Å². The fraction of sp³-hybridized carbons (Fsp3) is 0.923. The van der Waals surface area contributed by atoms with Crippen LogP contribution < -0.4 is 5.32 Å². The fourth-order valence-corrected chi connectivity index (χ4v) is 2.22. The summed E-state index contributed by atoms with van der Waals surface area (Å²) in [6.45, 7) is 2.38. The molecule has 0 aromatic heterocycles. The number of nitrogens with zero attached hydrogens (tertiary/aromatic N) is 1. The molecule has 0 saturated heterocycles. The highest BCUT2D eigenvalue weighted by molar-refractivity contribution is 5.78. The Hall–Kier alpha value is -0.610. The first-order valence-corrected chi connectivity index (χ1v) is 6.74. The molecule has 1 fully saturated rings. The van der Waals surface area contributed by atoms with E-state index < -0.39 is 0 Å². The second-order valence-electron chi connectivity index (χ2n) is 5.20. The number of hydrogen-bond acceptors (Lipinski definition) is 3. The average molecular weight is 242 g/mol. The van der Waals surface area contributed by atoms with Gasteiger partial charge in [-0.1, -0.05) is 25.7 Å². The summed E-state index contributed by atoms with van der Waals surface area (Å²) in [5.41, 5.74) is 0. The van der Waals surface area contributed by atoms with Gasteiger partial charge in [0.15, 0.2) is 0 Å². The molecule has 1 rings (SSSR count). The van der Waals surface area contributed by atoms with Gasteiger partial charge in [0.25, 0.3) is 0 Å². The molecule has 0 aliphatic heterocycles. The van der Waals surface area contributed by atoms with Gasteiger partial charge in [0.05, 0.1) is 13.2 Å². The summed E-state index contributed by atoms with van der Waals surface area (Å²) in [6.07, 6.45) is 7.29. The van der Waals surface area contributed by atoms with E-state index in [0.29, 0.717) is 12.6 Å². The van der Waals surface area contributed by atoms with Gasteiger partial charge < -0.3 is 10.4 Å². The predicted molar refractivity (Wildman–Crippen MR) is 68.8 cm³/mol. The Labute approximate surface area is 104 Å². The van der Waals surface area contributed by atoms with Gasteiger partial charge in [-0.25, -0.2) is 0 Å². The molecule has 100 valence electrons. The van der Waals surface area contributed by atoms with Gasteiger partial charge in [-0.3, -0.25) is 9.69 Å². The highest BCUT2D eigenvalue weighted by Gasteiger charge is 2.17. The zero-order chi connectivity index (χ0) is 12.7. The average Bonchev–Trinajstić information content (AvgIpc) is 2.56. The minimum Gasteiger partial charge on any atom is -0.395 e. The maximum atomic E-state index is 11.8. The van der Waals surface area contributed by atoms with Crippen LogP contribution in [0, 0.1) is 0 Å². The van der Waals surface area contributed by atoms with Crippen molar-refractivity contribution in [3.05, 3.63) is 0 Å². The van der Waals surface area contributed by atoms with Crippen molar-refractivity contribution >= 4 is 5.91 Å². The van der Waals surface area contributed by atoms with E-state index in [1.807, 2.05) is 18.9 Å². The van der Waals surface area contributed by atoms with Crippen molar-refractivity contribution in [2.24, 2.45) is 0 Å². The molecule has 2 N–H and O–H groups in total. The Kier molecular flexibility index (Phi) is 6.52. The normalized spacial score (nSPS) is 20.0. The lowest BCUT2D eigenvalue weighted by Gasteiger charge is -2.24. The maximum Gasteiger partial charge on any atom is 0.234 e. The highest BCUT2D eigenvalue weighted by atomic mass is 16.3. The van der Waals surface area contributed by atoms with E-state index >= 15 is 0 Å². The van der Waals surface area contributed by atoms with Crippen molar-refractivity contribution in [3.8, 4) is 0 Å². The van der Waals surface area contributed by atoms with Crippen LogP contribution in [0.15, 0.2) is 0 Å². The van der Waals surface area contributed by atoms with Crippen LogP contribution in [0.4, 0.5) is 0 Å². The standard InChI is InChI=1S/C13H26N2O2/c1-11(10-16)15(2)9-13(17)14-12-7-5-3-4-6-8-12/h11-12,16H,3-10H2,1-2H3,(H,14,17). The lowest BCUT2D eigenvalue weighted by atomic mass is 10.1. The largest absolute Gasteiger partial charge is 0.395 e. The number of nitrogens with one attached hydrogen (secondary N) is 1. The molecule has 17 heavy (non-hydrogen) atoms. The van der Waals surface area contributed by atoms with Gasteiger partial charge in [0, 0.05) is 12.1 Å². The first-order valence-electron chi connectivity index (χ1n) is 6.74. The number of carbonyl (C=O) groups excluding carboxylic acids is 1. The molecule has 4 nitrogen and oxygen atoms in total. The molecule has 0 aromatic carbocycles. The number of amides is 1. The van der Waals surface area contributed by atoms with E-state index in [1.54, 1.807) is 0 Å². The van der Waals surface area contributed by atoms with Gasteiger partial charge in [-0.15, -0.1) is 0 Å². The highest BCUT2D eigenvalue weighted by Crippen LogP contribution is 2.17. The molecule has 0 aromatic rings. The number of hydrogen-bond donors (Lipinski definition) is 2. The molecular formula is C13H26N2O2. The summed E-state index contributed by atoms with van der Waals surface area (Å²) >= 11 is 0. The van der Waals surface area contributed by atoms with Crippen LogP contribution in [-0.4, -0.2) is 48.2 Å². The second kappa shape index (κ2) is 7.67. The third-order valence-corrected chi connectivity index (χ3v) is 3.63. The Bertz CT molecular complexity index is 225. The molecule has 0 bridgehead atoms. The summed E-state index contributed by atoms with van der Waals surface area (Å²) in [5.74, 6) is 0.0831. The van der Waals surface area contributed by atoms with E-state index in [2.05, 4.69) is 5.32 Å². The smallest absolute Gasteiger partial charge is 0.234 e. The van der Waals surface area contributed by atoms with Crippen LogP contribution in [0.25, 0.3) is 0 Å². The van der Waals surface area contributed by atoms with Gasteiger partial charge in [-0.05, 0) is 26.8 Å². The van der Waals surface area contributed by atoms with Crippen molar-refractivity contribution in [1.29, 1.82) is 0 Å². The zero-order valence-corrected chi connectivity index (χ0v) is 11.1. The summed E-state index contributed by atoms with van der Waals surface area (Å²) in [7, 11) is 1.87. The second-order valence-corrected chi connectivity index (χ2v) is 5.20. The van der Waals surface area contributed by atoms with E-state index in [0.717, 1.165) is 12.8 Å². The molecule has 1 aliphatic rings. The van der Waals surface area contributed by atoms with E-state index in [9.17, 15) is 4.79 Å². The van der Waals surface area contributed by atoms with E-state index in [1.165, 1.54) is 25.7 Å². The number of aliphatic hydroxyl groups is 1. The van der Waals surface area contributed by atoms with Gasteiger partial charge in [0.1, 0.15) is 0 Å². The topological polar surface area (TPSA) is 52.6 Å². The predicted octanol–water partition coefficient (Wildman–Crippen LogP) is 1.14. The Balaban J connectivity index is 2.27. The van der Waals surface area contributed by atoms with Crippen LogP contribution in [0.3, 0.4) is 0 Å². The summed E-state index contributed by atoms with van der Waals surface area (Å²) in [6, 6.07) is 0.401. The van der Waals surface area contributed by atoms with Gasteiger partial charge >= 0.3 is 0 Å². The van der Waals surface area contributed by atoms with Gasteiger partial charge in [0.2, 0.25) is 5.91 Å². The third-order valence-electron chi connectivity index (χ3n) is 3.63. The lowest BCUT2D eigenvalue weighted by Crippen LogP contribution is -2.44. The minimum absolute atomic E-state index is 0.0369. The summed E-state index contributed by atoms with van der Waals surface area (Å²) in [5, 5.41) is 12.1. The maximum absolute atomic E-state index is 11.8. The quantitative estimate of drug-likeness (QED) is 0.711. The van der Waals surface area contributed by atoms with Crippen molar-refractivity contribution in [2.45, 2.75) is 57.5 Å². The van der Waals surface area contributed by atoms with Crippen molar-refractivity contribution in [1.82, 2.24) is 10.2 Å². The fourth-order valence-electron chi connectivity index (χ4n) is 2.22. The van der Waals surface area contributed by atoms with Crippen LogP contribution in [0.5, 0.6) is 0 Å². The van der Waals surface area contributed by atoms with Crippen molar-refractivity contribution in [3.63, 3.8) is 0 Å². The first-order chi connectivity index (χ1) is 8.13. The summed E-state index contributed by atoms with van der Waals surface area (Å²) in [4.78, 5) is 13.7. The molecule has 0 spiro atoms. The molecule has 1 amide bonds. The molecular weight excluding hydrogens is 216 g/mol. The molecule has 1 saturated carbocycles. The van der Waals surface area contributed by atoms with E-state index in [-0.39, 0.29) is 18.6 Å². The lowest BCUT2D eigenvalue weighted by molar-refractivity contribution is -0.123. The molecule has 1 unspecified atom stereocenters. The number of carbonyl (C=O) groups is 1. The molecule has 1 atom stereocenters. The molecule has 4 heteroatoms. The summed E-state index contributed by atoms with van der Waals surface area (Å²) < 4.78 is 0. The molecule has 0 radical (unpaired) electrons. The molecule has 1 aliphatic carbocycles. The number of aliphatic hydroxyl groups excluding tert-OH is 1. The van der Waals surface area contributed by atoms with E-state index in [4.69, 9.17) is 5.11 Å². The number of rotatable bonds is 5.